The molecule has 1 heterocycles. The Kier molecular flexibility index (Phi) is 8.71. The summed E-state index contributed by atoms with van der Waals surface area (Å²) in [5.74, 6) is 0.0415. The molecule has 0 radical (unpaired) electrons. The van der Waals surface area contributed by atoms with Gasteiger partial charge < -0.3 is 9.47 Å². The minimum Gasteiger partial charge on any atom is -0.487 e. The largest absolute Gasteiger partial charge is 0.487 e. The van der Waals surface area contributed by atoms with Gasteiger partial charge in [0.1, 0.15) is 12.4 Å². The topological polar surface area (TPSA) is 68.2 Å². The summed E-state index contributed by atoms with van der Waals surface area (Å²) in [7, 11) is 1.68. The Morgan fingerprint density at radius 3 is 2.50 bits per heavy atom. The van der Waals surface area contributed by atoms with E-state index in [2.05, 4.69) is 27.6 Å². The van der Waals surface area contributed by atoms with Gasteiger partial charge in [-0.3, -0.25) is 9.69 Å². The molecule has 0 saturated carbocycles. The Morgan fingerprint density at radius 2 is 1.83 bits per heavy atom. The van der Waals surface area contributed by atoms with Gasteiger partial charge >= 0.3 is 5.97 Å². The van der Waals surface area contributed by atoms with Crippen LogP contribution in [-0.2, 0) is 16.1 Å². The third kappa shape index (κ3) is 6.48. The van der Waals surface area contributed by atoms with E-state index >= 15 is 0 Å². The van der Waals surface area contributed by atoms with Crippen molar-refractivity contribution in [3.63, 3.8) is 0 Å². The molecule has 3 aromatic carbocycles. The molecule has 184 valence electrons. The fourth-order valence-electron chi connectivity index (χ4n) is 3.27. The zero-order valence-electron chi connectivity index (χ0n) is 19.5. The van der Waals surface area contributed by atoms with Crippen molar-refractivity contribution in [2.75, 3.05) is 13.7 Å². The van der Waals surface area contributed by atoms with Crippen molar-refractivity contribution in [3.05, 3.63) is 96.9 Å². The number of amides is 1. The van der Waals surface area contributed by atoms with Gasteiger partial charge in [0.2, 0.25) is 0 Å². The van der Waals surface area contributed by atoms with E-state index in [1.54, 1.807) is 56.4 Å². The summed E-state index contributed by atoms with van der Waals surface area (Å²) in [6.07, 6.45) is 1.78. The van der Waals surface area contributed by atoms with Gasteiger partial charge in [-0.05, 0) is 107 Å². The molecule has 1 aliphatic rings. The fourth-order valence-corrected chi connectivity index (χ4v) is 4.86. The molecular weight excluding hydrogens is 611 g/mol. The second kappa shape index (κ2) is 11.9. The highest BCUT2D eigenvalue weighted by Gasteiger charge is 2.30. The Hall–Kier alpha value is -2.82. The summed E-state index contributed by atoms with van der Waals surface area (Å²) in [5, 5.41) is 1.01. The van der Waals surface area contributed by atoms with Gasteiger partial charge in [0, 0.05) is 10.6 Å². The summed E-state index contributed by atoms with van der Waals surface area (Å²) < 4.78 is 12.0. The minimum atomic E-state index is -0.380. The lowest BCUT2D eigenvalue weighted by molar-refractivity contribution is -0.121. The van der Waals surface area contributed by atoms with Crippen molar-refractivity contribution < 1.29 is 19.1 Å². The number of thioether (sulfide) groups is 1. The minimum absolute atomic E-state index is 0.156. The van der Waals surface area contributed by atoms with E-state index in [9.17, 15) is 9.59 Å². The van der Waals surface area contributed by atoms with Crippen LogP contribution in [0, 0.1) is 3.57 Å². The van der Waals surface area contributed by atoms with Gasteiger partial charge in [0.15, 0.2) is 5.17 Å². The first kappa shape index (κ1) is 26.2. The molecule has 1 saturated heterocycles. The fraction of sp³-hybridized carbons (Fsp3) is 0.148. The number of aliphatic imine (C=N–C) groups is 1. The van der Waals surface area contributed by atoms with E-state index in [0.29, 0.717) is 45.3 Å². The van der Waals surface area contributed by atoms with Crippen LogP contribution in [0.2, 0.25) is 5.02 Å². The van der Waals surface area contributed by atoms with E-state index in [-0.39, 0.29) is 11.9 Å². The first-order valence-electron chi connectivity index (χ1n) is 11.0. The Bertz CT molecular complexity index is 1340. The SMILES string of the molecule is CCOC(=O)c1ccc(N=C2SC(=Cc3ccc(OCc4ccc(I)cc4)c(Cl)c3)C(=O)N2C)cc1. The van der Waals surface area contributed by atoms with Gasteiger partial charge in [-0.15, -0.1) is 0 Å². The van der Waals surface area contributed by atoms with E-state index in [4.69, 9.17) is 21.1 Å². The molecule has 0 N–H and O–H groups in total. The van der Waals surface area contributed by atoms with Crippen LogP contribution in [-0.4, -0.2) is 35.6 Å². The number of ether oxygens (including phenoxy) is 2. The molecule has 36 heavy (non-hydrogen) atoms. The van der Waals surface area contributed by atoms with Crippen molar-refractivity contribution in [2.24, 2.45) is 4.99 Å². The van der Waals surface area contributed by atoms with E-state index in [1.165, 1.54) is 16.7 Å². The number of likely N-dealkylation sites (N-methyl/N-ethyl adjacent to an activating group) is 1. The van der Waals surface area contributed by atoms with Crippen LogP contribution in [0.5, 0.6) is 5.75 Å². The van der Waals surface area contributed by atoms with Crippen LogP contribution >= 0.6 is 46.0 Å². The van der Waals surface area contributed by atoms with Crippen LogP contribution in [0.4, 0.5) is 5.69 Å². The van der Waals surface area contributed by atoms with Crippen molar-refractivity contribution in [2.45, 2.75) is 13.5 Å². The molecule has 0 aromatic heterocycles. The smallest absolute Gasteiger partial charge is 0.338 e. The zero-order chi connectivity index (χ0) is 25.7. The number of hydrogen-bond donors (Lipinski definition) is 0. The molecular formula is C27H22ClIN2O4S. The van der Waals surface area contributed by atoms with Crippen LogP contribution in [0.25, 0.3) is 6.08 Å². The van der Waals surface area contributed by atoms with Crippen molar-refractivity contribution in [1.29, 1.82) is 0 Å². The predicted molar refractivity (Wildman–Crippen MR) is 153 cm³/mol. The summed E-state index contributed by atoms with van der Waals surface area (Å²) in [5.41, 5.74) is 2.92. The van der Waals surface area contributed by atoms with E-state index in [0.717, 1.165) is 14.7 Å². The molecule has 0 unspecified atom stereocenters. The monoisotopic (exact) mass is 632 g/mol. The van der Waals surface area contributed by atoms with Crippen LogP contribution in [0.15, 0.2) is 76.6 Å². The Balaban J connectivity index is 1.45. The van der Waals surface area contributed by atoms with Gasteiger partial charge in [0.05, 0.1) is 27.8 Å². The first-order valence-corrected chi connectivity index (χ1v) is 13.3. The number of carbonyl (C=O) groups excluding carboxylic acids is 2. The maximum Gasteiger partial charge on any atom is 0.338 e. The first-order chi connectivity index (χ1) is 17.3. The summed E-state index contributed by atoms with van der Waals surface area (Å²) >= 11 is 9.98. The molecule has 1 fully saturated rings. The molecule has 0 aliphatic carbocycles. The number of hydrogen-bond acceptors (Lipinski definition) is 6. The number of benzene rings is 3. The van der Waals surface area contributed by atoms with E-state index < -0.39 is 0 Å². The lowest BCUT2D eigenvalue weighted by Crippen LogP contribution is -2.23. The Labute approximate surface area is 232 Å². The third-order valence-electron chi connectivity index (χ3n) is 5.17. The second-order valence-corrected chi connectivity index (χ2v) is 10.4. The number of esters is 1. The number of halogens is 2. The van der Waals surface area contributed by atoms with Crippen molar-refractivity contribution in [1.82, 2.24) is 4.90 Å². The summed E-state index contributed by atoms with van der Waals surface area (Å²) in [4.78, 5) is 31.2. The normalized spacial score (nSPS) is 15.6. The molecule has 6 nitrogen and oxygen atoms in total. The van der Waals surface area contributed by atoms with Gasteiger partial charge in [-0.2, -0.15) is 0 Å². The molecule has 0 atom stereocenters. The third-order valence-corrected chi connectivity index (χ3v) is 7.24. The van der Waals surface area contributed by atoms with Gasteiger partial charge in [0.25, 0.3) is 5.91 Å². The maximum atomic E-state index is 12.8. The average Bonchev–Trinajstić information content (AvgIpc) is 3.12. The number of carbonyl (C=O) groups is 2. The van der Waals surface area contributed by atoms with Gasteiger partial charge in [-0.25, -0.2) is 9.79 Å². The summed E-state index contributed by atoms with van der Waals surface area (Å²) in [6.45, 7) is 2.49. The van der Waals surface area contributed by atoms with Gasteiger partial charge in [-0.1, -0.05) is 29.8 Å². The number of nitrogens with zero attached hydrogens (tertiary/aromatic N) is 2. The van der Waals surface area contributed by atoms with Crippen LogP contribution in [0.1, 0.15) is 28.4 Å². The van der Waals surface area contributed by atoms with Crippen molar-refractivity contribution >= 4 is 74.8 Å². The lowest BCUT2D eigenvalue weighted by Gasteiger charge is -2.09. The standard InChI is InChI=1S/C27H22ClIN2O4S/c1-3-34-26(33)19-7-11-21(12-8-19)30-27-31(2)25(32)24(36-27)15-18-6-13-23(22(28)14-18)35-16-17-4-9-20(29)10-5-17/h4-15H,3,16H2,1-2H3. The highest BCUT2D eigenvalue weighted by Crippen LogP contribution is 2.34. The highest BCUT2D eigenvalue weighted by atomic mass is 127. The zero-order valence-corrected chi connectivity index (χ0v) is 23.3. The molecule has 1 aliphatic heterocycles. The molecule has 1 amide bonds. The van der Waals surface area contributed by atoms with E-state index in [1.807, 2.05) is 30.3 Å². The predicted octanol–water partition coefficient (Wildman–Crippen LogP) is 6.93. The average molecular weight is 633 g/mol. The number of rotatable bonds is 7. The highest BCUT2D eigenvalue weighted by molar-refractivity contribution is 14.1. The van der Waals surface area contributed by atoms with Crippen LogP contribution < -0.4 is 4.74 Å². The maximum absolute atomic E-state index is 12.8. The van der Waals surface area contributed by atoms with Crippen LogP contribution in [0.3, 0.4) is 0 Å². The molecule has 4 rings (SSSR count). The molecule has 3 aromatic rings. The molecule has 0 bridgehead atoms. The summed E-state index contributed by atoms with van der Waals surface area (Å²) in [6, 6.07) is 20.3. The molecule has 0 spiro atoms. The quantitative estimate of drug-likeness (QED) is 0.161. The second-order valence-electron chi connectivity index (χ2n) is 7.74. The lowest BCUT2D eigenvalue weighted by atomic mass is 10.2. The number of amidine groups is 1. The van der Waals surface area contributed by atoms with Crippen molar-refractivity contribution in [3.8, 4) is 5.75 Å². The molecule has 9 heteroatoms. The Morgan fingerprint density at radius 1 is 1.11 bits per heavy atom.